The van der Waals surface area contributed by atoms with Crippen LogP contribution in [-0.2, 0) is 8.85 Å². The van der Waals surface area contributed by atoms with Crippen LogP contribution in [0.2, 0.25) is 39.3 Å². The predicted molar refractivity (Wildman–Crippen MR) is 84.0 cm³/mol. The van der Waals surface area contributed by atoms with Crippen LogP contribution in [0.25, 0.3) is 0 Å². The largest absolute Gasteiger partial charge is 0.412 e. The second-order valence-corrected chi connectivity index (χ2v) is 16.1. The molecule has 1 aliphatic carbocycles. The molecule has 0 spiro atoms. The highest BCUT2D eigenvalue weighted by Gasteiger charge is 2.30. The standard InChI is InChI=1S/C14H30O2Si2/c1-17(2,3)15-13-11-9-7-8-10-12-14(13)16-18(4,5)6/h9,11,13-14H,7-8,10,12H2,1-6H3. The first-order chi connectivity index (χ1) is 8.17. The molecule has 0 amide bonds. The van der Waals surface area contributed by atoms with Crippen LogP contribution >= 0.6 is 0 Å². The molecule has 18 heavy (non-hydrogen) atoms. The Morgan fingerprint density at radius 3 is 2.06 bits per heavy atom. The van der Waals surface area contributed by atoms with Crippen LogP contribution in [0.1, 0.15) is 25.7 Å². The van der Waals surface area contributed by atoms with Gasteiger partial charge < -0.3 is 8.85 Å². The summed E-state index contributed by atoms with van der Waals surface area (Å²) in [4.78, 5) is 0. The molecule has 0 heterocycles. The number of rotatable bonds is 4. The summed E-state index contributed by atoms with van der Waals surface area (Å²) in [5.41, 5.74) is 0. The van der Waals surface area contributed by atoms with E-state index in [9.17, 15) is 0 Å². The van der Waals surface area contributed by atoms with Crippen LogP contribution < -0.4 is 0 Å². The molecule has 1 aliphatic rings. The van der Waals surface area contributed by atoms with Crippen LogP contribution in [0.3, 0.4) is 0 Å². The molecule has 0 aromatic heterocycles. The maximum absolute atomic E-state index is 6.36. The topological polar surface area (TPSA) is 18.5 Å². The Morgan fingerprint density at radius 2 is 1.50 bits per heavy atom. The van der Waals surface area contributed by atoms with Gasteiger partial charge in [-0.15, -0.1) is 0 Å². The third kappa shape index (κ3) is 6.87. The van der Waals surface area contributed by atoms with E-state index in [1.165, 1.54) is 19.3 Å². The van der Waals surface area contributed by atoms with Crippen molar-refractivity contribution in [2.75, 3.05) is 0 Å². The summed E-state index contributed by atoms with van der Waals surface area (Å²) in [6.45, 7) is 13.6. The summed E-state index contributed by atoms with van der Waals surface area (Å²) in [6, 6.07) is 0. The van der Waals surface area contributed by atoms with Crippen molar-refractivity contribution < 1.29 is 8.85 Å². The lowest BCUT2D eigenvalue weighted by Gasteiger charge is -2.35. The summed E-state index contributed by atoms with van der Waals surface area (Å²) < 4.78 is 12.7. The third-order valence-electron chi connectivity index (χ3n) is 2.80. The first-order valence-corrected chi connectivity index (χ1v) is 14.0. The van der Waals surface area contributed by atoms with Gasteiger partial charge in [-0.2, -0.15) is 0 Å². The van der Waals surface area contributed by atoms with Gasteiger partial charge in [-0.25, -0.2) is 0 Å². The molecule has 0 aliphatic heterocycles. The van der Waals surface area contributed by atoms with E-state index in [-0.39, 0.29) is 12.2 Å². The van der Waals surface area contributed by atoms with Crippen molar-refractivity contribution in [1.82, 2.24) is 0 Å². The fourth-order valence-electron chi connectivity index (χ4n) is 2.23. The van der Waals surface area contributed by atoms with Gasteiger partial charge in [-0.05, 0) is 58.5 Å². The lowest BCUT2D eigenvalue weighted by atomic mass is 10.0. The minimum absolute atomic E-state index is 0.170. The van der Waals surface area contributed by atoms with Gasteiger partial charge in [0.05, 0.1) is 12.2 Å². The molecule has 0 aromatic carbocycles. The molecule has 2 nitrogen and oxygen atoms in total. The van der Waals surface area contributed by atoms with E-state index in [2.05, 4.69) is 51.4 Å². The Balaban J connectivity index is 2.77. The van der Waals surface area contributed by atoms with Gasteiger partial charge >= 0.3 is 0 Å². The van der Waals surface area contributed by atoms with Crippen LogP contribution in [0.4, 0.5) is 0 Å². The average Bonchev–Trinajstić information content (AvgIpc) is 2.12. The fraction of sp³-hybridized carbons (Fsp3) is 0.857. The molecule has 0 N–H and O–H groups in total. The van der Waals surface area contributed by atoms with Crippen molar-refractivity contribution in [1.29, 1.82) is 0 Å². The molecule has 0 saturated heterocycles. The van der Waals surface area contributed by atoms with Gasteiger partial charge in [0, 0.05) is 0 Å². The van der Waals surface area contributed by atoms with E-state index >= 15 is 0 Å². The van der Waals surface area contributed by atoms with Crippen LogP contribution in [-0.4, -0.2) is 28.8 Å². The monoisotopic (exact) mass is 286 g/mol. The maximum Gasteiger partial charge on any atom is 0.184 e. The zero-order valence-corrected chi connectivity index (χ0v) is 15.0. The highest BCUT2D eigenvalue weighted by molar-refractivity contribution is 6.70. The molecular formula is C14H30O2Si2. The van der Waals surface area contributed by atoms with Crippen LogP contribution in [0.15, 0.2) is 12.2 Å². The molecule has 0 bridgehead atoms. The molecule has 0 radical (unpaired) electrons. The van der Waals surface area contributed by atoms with E-state index in [1.807, 2.05) is 0 Å². The average molecular weight is 287 g/mol. The number of allylic oxidation sites excluding steroid dienone is 1. The number of hydrogen-bond donors (Lipinski definition) is 0. The molecular weight excluding hydrogens is 256 g/mol. The van der Waals surface area contributed by atoms with Gasteiger partial charge in [-0.3, -0.25) is 0 Å². The van der Waals surface area contributed by atoms with Crippen LogP contribution in [0, 0.1) is 0 Å². The second kappa shape index (κ2) is 6.50. The van der Waals surface area contributed by atoms with Crippen molar-refractivity contribution >= 4 is 16.6 Å². The number of hydrogen-bond acceptors (Lipinski definition) is 2. The minimum atomic E-state index is -1.52. The second-order valence-electron chi connectivity index (χ2n) is 7.18. The highest BCUT2D eigenvalue weighted by Crippen LogP contribution is 2.24. The molecule has 0 saturated carbocycles. The molecule has 4 heteroatoms. The smallest absolute Gasteiger partial charge is 0.184 e. The highest BCUT2D eigenvalue weighted by atomic mass is 28.4. The molecule has 1 rings (SSSR count). The van der Waals surface area contributed by atoms with Crippen molar-refractivity contribution in [2.24, 2.45) is 0 Å². The SMILES string of the molecule is C[Si](C)(C)OC1C=CCCCCC1O[Si](C)(C)C. The molecule has 0 fully saturated rings. The molecule has 2 unspecified atom stereocenters. The fourth-order valence-corrected chi connectivity index (χ4v) is 4.44. The maximum atomic E-state index is 6.36. The van der Waals surface area contributed by atoms with Crippen molar-refractivity contribution in [3.63, 3.8) is 0 Å². The lowest BCUT2D eigenvalue weighted by Crippen LogP contribution is -2.44. The van der Waals surface area contributed by atoms with Gasteiger partial charge in [0.2, 0.25) is 0 Å². The zero-order valence-electron chi connectivity index (χ0n) is 13.0. The Labute approximate surface area is 115 Å². The first-order valence-electron chi connectivity index (χ1n) is 7.20. The summed E-state index contributed by atoms with van der Waals surface area (Å²) in [5, 5.41) is 0. The molecule has 0 aromatic rings. The Morgan fingerprint density at radius 1 is 0.889 bits per heavy atom. The predicted octanol–water partition coefficient (Wildman–Crippen LogP) is 4.56. The summed E-state index contributed by atoms with van der Waals surface area (Å²) in [7, 11) is -3.02. The van der Waals surface area contributed by atoms with E-state index in [0.717, 1.165) is 6.42 Å². The summed E-state index contributed by atoms with van der Waals surface area (Å²) in [5.74, 6) is 0. The summed E-state index contributed by atoms with van der Waals surface area (Å²) >= 11 is 0. The molecule has 2 atom stereocenters. The lowest BCUT2D eigenvalue weighted by molar-refractivity contribution is 0.0636. The Hall–Kier alpha value is 0.0938. The van der Waals surface area contributed by atoms with Crippen LogP contribution in [0.5, 0.6) is 0 Å². The summed E-state index contributed by atoms with van der Waals surface area (Å²) in [6.07, 6.45) is 9.83. The van der Waals surface area contributed by atoms with Crippen molar-refractivity contribution in [3.8, 4) is 0 Å². The van der Waals surface area contributed by atoms with Gasteiger partial charge in [-0.1, -0.05) is 18.6 Å². The van der Waals surface area contributed by atoms with Gasteiger partial charge in [0.1, 0.15) is 0 Å². The minimum Gasteiger partial charge on any atom is -0.412 e. The van der Waals surface area contributed by atoms with Crippen molar-refractivity contribution in [3.05, 3.63) is 12.2 Å². The quantitative estimate of drug-likeness (QED) is 0.557. The van der Waals surface area contributed by atoms with E-state index in [0.29, 0.717) is 0 Å². The molecule has 106 valence electrons. The van der Waals surface area contributed by atoms with E-state index in [4.69, 9.17) is 8.85 Å². The normalized spacial score (nSPS) is 26.8. The van der Waals surface area contributed by atoms with Crippen molar-refractivity contribution in [2.45, 2.75) is 77.2 Å². The first kappa shape index (κ1) is 16.1. The third-order valence-corrected chi connectivity index (χ3v) is 4.79. The Bertz CT molecular complexity index is 276. The van der Waals surface area contributed by atoms with E-state index in [1.54, 1.807) is 0 Å². The van der Waals surface area contributed by atoms with E-state index < -0.39 is 16.6 Å². The van der Waals surface area contributed by atoms with Gasteiger partial charge in [0.15, 0.2) is 16.6 Å². The Kier molecular flexibility index (Phi) is 5.83. The zero-order chi connectivity index (χ0) is 13.8. The van der Waals surface area contributed by atoms with Gasteiger partial charge in [0.25, 0.3) is 0 Å².